The lowest BCUT2D eigenvalue weighted by Crippen LogP contribution is -2.48. The van der Waals surface area contributed by atoms with E-state index >= 15 is 0 Å². The third-order valence-electron chi connectivity index (χ3n) is 4.27. The molecule has 1 saturated heterocycles. The van der Waals surface area contributed by atoms with Crippen LogP contribution in [0.2, 0.25) is 0 Å². The number of hydrogen-bond acceptors (Lipinski definition) is 5. The van der Waals surface area contributed by atoms with Crippen LogP contribution in [0.3, 0.4) is 0 Å². The SMILES string of the molecule is CNC1CCCN(CC(=O)NCCc2ccc(S(N)(=O)=O)cc2)C1.Cl. The first-order valence-corrected chi connectivity index (χ1v) is 9.71. The van der Waals surface area contributed by atoms with Crippen molar-refractivity contribution in [1.82, 2.24) is 15.5 Å². The Labute approximate surface area is 155 Å². The summed E-state index contributed by atoms with van der Waals surface area (Å²) in [6.45, 7) is 2.80. The van der Waals surface area contributed by atoms with E-state index in [0.29, 0.717) is 25.6 Å². The number of nitrogens with two attached hydrogens (primary N) is 1. The number of sulfonamides is 1. The summed E-state index contributed by atoms with van der Waals surface area (Å²) in [5.41, 5.74) is 0.955. The average Bonchev–Trinajstić information content (AvgIpc) is 2.54. The summed E-state index contributed by atoms with van der Waals surface area (Å²) in [4.78, 5) is 14.3. The quantitative estimate of drug-likeness (QED) is 0.612. The van der Waals surface area contributed by atoms with Crippen molar-refractivity contribution in [2.24, 2.45) is 5.14 Å². The van der Waals surface area contributed by atoms with E-state index in [0.717, 1.165) is 31.5 Å². The first-order valence-electron chi connectivity index (χ1n) is 8.16. The second kappa shape index (κ2) is 10.1. The van der Waals surface area contributed by atoms with Gasteiger partial charge in [0.1, 0.15) is 0 Å². The molecule has 4 N–H and O–H groups in total. The summed E-state index contributed by atoms with van der Waals surface area (Å²) in [6.07, 6.45) is 2.91. The first kappa shape index (κ1) is 21.9. The van der Waals surface area contributed by atoms with Crippen LogP contribution in [0.5, 0.6) is 0 Å². The van der Waals surface area contributed by atoms with Gasteiger partial charge in [0, 0.05) is 19.1 Å². The molecule has 9 heteroatoms. The fourth-order valence-electron chi connectivity index (χ4n) is 2.89. The summed E-state index contributed by atoms with van der Waals surface area (Å²) in [5, 5.41) is 11.2. The van der Waals surface area contributed by atoms with Gasteiger partial charge in [0.05, 0.1) is 11.4 Å². The van der Waals surface area contributed by atoms with Gasteiger partial charge in [0.25, 0.3) is 0 Å². The van der Waals surface area contributed by atoms with Crippen molar-refractivity contribution in [3.05, 3.63) is 29.8 Å². The fourth-order valence-corrected chi connectivity index (χ4v) is 3.40. The maximum Gasteiger partial charge on any atom is 0.238 e. The van der Waals surface area contributed by atoms with Gasteiger partial charge in [0.15, 0.2) is 0 Å². The Balaban J connectivity index is 0.00000312. The topological polar surface area (TPSA) is 105 Å². The molecule has 1 aromatic rings. The van der Waals surface area contributed by atoms with Crippen LogP contribution in [-0.2, 0) is 21.2 Å². The van der Waals surface area contributed by atoms with Gasteiger partial charge in [-0.2, -0.15) is 0 Å². The molecule has 0 aliphatic carbocycles. The minimum atomic E-state index is -3.66. The van der Waals surface area contributed by atoms with Crippen LogP contribution >= 0.6 is 12.4 Å². The number of likely N-dealkylation sites (tertiary alicyclic amines) is 1. The number of rotatable bonds is 7. The summed E-state index contributed by atoms with van der Waals surface area (Å²) in [5.74, 6) is 0.0212. The standard InChI is InChI=1S/C16H26N4O3S.ClH/c1-18-14-3-2-10-20(11-14)12-16(21)19-9-8-13-4-6-15(7-5-13)24(17,22)23;/h4-7,14,18H,2-3,8-12H2,1H3,(H,19,21)(H2,17,22,23);1H. The highest BCUT2D eigenvalue weighted by atomic mass is 35.5. The zero-order valence-corrected chi connectivity index (χ0v) is 16.0. The van der Waals surface area contributed by atoms with Gasteiger partial charge in [0.2, 0.25) is 15.9 Å². The highest BCUT2D eigenvalue weighted by molar-refractivity contribution is 7.89. The Morgan fingerprint density at radius 3 is 2.60 bits per heavy atom. The third-order valence-corrected chi connectivity index (χ3v) is 5.20. The molecule has 0 aromatic heterocycles. The number of hydrogen-bond donors (Lipinski definition) is 3. The van der Waals surface area contributed by atoms with Crippen LogP contribution in [0.4, 0.5) is 0 Å². The van der Waals surface area contributed by atoms with E-state index < -0.39 is 10.0 Å². The zero-order valence-electron chi connectivity index (χ0n) is 14.4. The highest BCUT2D eigenvalue weighted by Crippen LogP contribution is 2.10. The zero-order chi connectivity index (χ0) is 17.6. The minimum absolute atomic E-state index is 0. The summed E-state index contributed by atoms with van der Waals surface area (Å²) >= 11 is 0. The fraction of sp³-hybridized carbons (Fsp3) is 0.562. The highest BCUT2D eigenvalue weighted by Gasteiger charge is 2.19. The molecule has 0 radical (unpaired) electrons. The smallest absolute Gasteiger partial charge is 0.238 e. The Morgan fingerprint density at radius 1 is 1.32 bits per heavy atom. The molecular weight excluding hydrogens is 364 g/mol. The van der Waals surface area contributed by atoms with Crippen LogP contribution in [-0.4, -0.2) is 58.5 Å². The molecule has 25 heavy (non-hydrogen) atoms. The van der Waals surface area contributed by atoms with E-state index in [1.165, 1.54) is 12.1 Å². The van der Waals surface area contributed by atoms with Crippen LogP contribution in [0, 0.1) is 0 Å². The van der Waals surface area contributed by atoms with E-state index in [-0.39, 0.29) is 23.2 Å². The largest absolute Gasteiger partial charge is 0.355 e. The van der Waals surface area contributed by atoms with Crippen LogP contribution < -0.4 is 15.8 Å². The molecule has 142 valence electrons. The number of piperidine rings is 1. The van der Waals surface area contributed by atoms with Crippen molar-refractivity contribution in [2.45, 2.75) is 30.2 Å². The van der Waals surface area contributed by atoms with Gasteiger partial charge >= 0.3 is 0 Å². The van der Waals surface area contributed by atoms with Gasteiger partial charge in [-0.15, -0.1) is 12.4 Å². The van der Waals surface area contributed by atoms with E-state index in [1.807, 2.05) is 7.05 Å². The molecule has 1 atom stereocenters. The van der Waals surface area contributed by atoms with Crippen molar-refractivity contribution in [2.75, 3.05) is 33.2 Å². The Kier molecular flexibility index (Phi) is 8.81. The van der Waals surface area contributed by atoms with Gasteiger partial charge in [-0.25, -0.2) is 13.6 Å². The van der Waals surface area contributed by atoms with Crippen molar-refractivity contribution in [3.8, 4) is 0 Å². The molecule has 7 nitrogen and oxygen atoms in total. The summed E-state index contributed by atoms with van der Waals surface area (Å²) in [7, 11) is -1.70. The number of halogens is 1. The number of likely N-dealkylation sites (N-methyl/N-ethyl adjacent to an activating group) is 1. The van der Waals surface area contributed by atoms with E-state index in [2.05, 4.69) is 15.5 Å². The molecule has 1 fully saturated rings. The number of primary sulfonamides is 1. The van der Waals surface area contributed by atoms with Crippen molar-refractivity contribution < 1.29 is 13.2 Å². The Hall–Kier alpha value is -1.19. The first-order chi connectivity index (χ1) is 11.4. The van der Waals surface area contributed by atoms with Crippen molar-refractivity contribution in [1.29, 1.82) is 0 Å². The number of nitrogens with zero attached hydrogens (tertiary/aromatic N) is 1. The number of benzene rings is 1. The van der Waals surface area contributed by atoms with E-state index in [1.54, 1.807) is 12.1 Å². The van der Waals surface area contributed by atoms with Crippen LogP contribution in [0.25, 0.3) is 0 Å². The molecule has 1 aliphatic heterocycles. The van der Waals surface area contributed by atoms with Gasteiger partial charge < -0.3 is 10.6 Å². The predicted octanol–water partition coefficient (Wildman–Crippen LogP) is 0.0983. The van der Waals surface area contributed by atoms with Gasteiger partial charge in [-0.1, -0.05) is 12.1 Å². The van der Waals surface area contributed by atoms with Crippen molar-refractivity contribution in [3.63, 3.8) is 0 Å². The monoisotopic (exact) mass is 390 g/mol. The number of nitrogens with one attached hydrogen (secondary N) is 2. The maximum atomic E-state index is 12.0. The second-order valence-corrected chi connectivity index (χ2v) is 7.71. The predicted molar refractivity (Wildman–Crippen MR) is 100 cm³/mol. The Bertz CT molecular complexity index is 652. The number of carbonyl (C=O) groups is 1. The molecule has 0 saturated carbocycles. The number of carbonyl (C=O) groups excluding carboxylic acids is 1. The molecule has 1 heterocycles. The molecule has 0 bridgehead atoms. The molecule has 0 spiro atoms. The lowest BCUT2D eigenvalue weighted by atomic mass is 10.1. The molecule has 1 amide bonds. The maximum absolute atomic E-state index is 12.0. The van der Waals surface area contributed by atoms with Crippen LogP contribution in [0.1, 0.15) is 18.4 Å². The molecule has 2 rings (SSSR count). The minimum Gasteiger partial charge on any atom is -0.355 e. The third kappa shape index (κ3) is 7.29. The van der Waals surface area contributed by atoms with E-state index in [4.69, 9.17) is 5.14 Å². The molecule has 1 aromatic carbocycles. The Morgan fingerprint density at radius 2 is 2.00 bits per heavy atom. The van der Waals surface area contributed by atoms with Gasteiger partial charge in [-0.3, -0.25) is 9.69 Å². The van der Waals surface area contributed by atoms with Crippen molar-refractivity contribution >= 4 is 28.3 Å². The summed E-state index contributed by atoms with van der Waals surface area (Å²) < 4.78 is 22.4. The second-order valence-electron chi connectivity index (χ2n) is 6.15. The number of amides is 1. The normalized spacial score (nSPS) is 18.4. The van der Waals surface area contributed by atoms with E-state index in [9.17, 15) is 13.2 Å². The lowest BCUT2D eigenvalue weighted by molar-refractivity contribution is -0.122. The molecule has 1 aliphatic rings. The van der Waals surface area contributed by atoms with Crippen LogP contribution in [0.15, 0.2) is 29.2 Å². The average molecular weight is 391 g/mol. The molecule has 1 unspecified atom stereocenters. The summed E-state index contributed by atoms with van der Waals surface area (Å²) in [6, 6.07) is 6.86. The molecular formula is C16H27ClN4O3S. The van der Waals surface area contributed by atoms with Gasteiger partial charge in [-0.05, 0) is 50.6 Å². The lowest BCUT2D eigenvalue weighted by Gasteiger charge is -2.31.